The minimum atomic E-state index is -0.484. The van der Waals surface area contributed by atoms with E-state index in [9.17, 15) is 14.4 Å². The second-order valence-electron chi connectivity index (χ2n) is 5.11. The van der Waals surface area contributed by atoms with Crippen LogP contribution in [0.15, 0.2) is 45.5 Å². The van der Waals surface area contributed by atoms with Crippen LogP contribution in [0.5, 0.6) is 0 Å². The predicted octanol–water partition coefficient (Wildman–Crippen LogP) is 2.11. The Labute approximate surface area is 147 Å². The number of benzene rings is 1. The molecule has 0 aliphatic rings. The van der Waals surface area contributed by atoms with Gasteiger partial charge in [-0.1, -0.05) is 0 Å². The van der Waals surface area contributed by atoms with Gasteiger partial charge in [0.25, 0.3) is 11.8 Å². The Kier molecular flexibility index (Phi) is 5.75. The second-order valence-corrected chi connectivity index (χ2v) is 5.89. The number of nitrogens with one attached hydrogen (secondary N) is 2. The maximum absolute atomic E-state index is 11.8. The maximum atomic E-state index is 11.8. The van der Waals surface area contributed by atoms with Crippen LogP contribution in [0.4, 0.5) is 5.69 Å². The highest BCUT2D eigenvalue weighted by Crippen LogP contribution is 2.14. The van der Waals surface area contributed by atoms with Crippen LogP contribution in [0.25, 0.3) is 0 Å². The fraction of sp³-hybridized carbons (Fsp3) is 0.188. The van der Waals surface area contributed by atoms with Gasteiger partial charge in [0.2, 0.25) is 5.91 Å². The lowest BCUT2D eigenvalue weighted by atomic mass is 10.2. The van der Waals surface area contributed by atoms with Crippen molar-refractivity contribution < 1.29 is 18.8 Å². The summed E-state index contributed by atoms with van der Waals surface area (Å²) in [6, 6.07) is 9.58. The standard InChI is InChI=1S/C16H16BrN3O4/c1-20(2)16(23)10-3-5-11(6-4-10)19-14(21)9-18-15(22)12-7-8-13(17)24-12/h3-8H,9H2,1-2H3,(H,18,22)(H,19,21). The van der Waals surface area contributed by atoms with Crippen molar-refractivity contribution in [1.82, 2.24) is 10.2 Å². The number of halogens is 1. The number of hydrogen-bond donors (Lipinski definition) is 2. The molecule has 0 aliphatic heterocycles. The van der Waals surface area contributed by atoms with Crippen LogP contribution in [0, 0.1) is 0 Å². The lowest BCUT2D eigenvalue weighted by Gasteiger charge is -2.11. The van der Waals surface area contributed by atoms with Crippen molar-refractivity contribution >= 4 is 39.3 Å². The number of carbonyl (C=O) groups excluding carboxylic acids is 3. The van der Waals surface area contributed by atoms with Gasteiger partial charge >= 0.3 is 0 Å². The van der Waals surface area contributed by atoms with E-state index in [2.05, 4.69) is 26.6 Å². The fourth-order valence-electron chi connectivity index (χ4n) is 1.84. The lowest BCUT2D eigenvalue weighted by Crippen LogP contribution is -2.32. The third-order valence-electron chi connectivity index (χ3n) is 3.03. The molecular formula is C16H16BrN3O4. The summed E-state index contributed by atoms with van der Waals surface area (Å²) in [4.78, 5) is 36.8. The van der Waals surface area contributed by atoms with Gasteiger partial charge in [0.05, 0.1) is 6.54 Å². The normalized spacial score (nSPS) is 10.1. The Hall–Kier alpha value is -2.61. The molecule has 8 heteroatoms. The van der Waals surface area contributed by atoms with Gasteiger partial charge in [0.1, 0.15) is 0 Å². The van der Waals surface area contributed by atoms with E-state index >= 15 is 0 Å². The van der Waals surface area contributed by atoms with Crippen LogP contribution < -0.4 is 10.6 Å². The molecule has 0 atom stereocenters. The van der Waals surface area contributed by atoms with E-state index in [1.807, 2.05) is 0 Å². The quantitative estimate of drug-likeness (QED) is 0.813. The third-order valence-corrected chi connectivity index (χ3v) is 3.45. The van der Waals surface area contributed by atoms with Crippen molar-refractivity contribution in [1.29, 1.82) is 0 Å². The molecule has 0 spiro atoms. The molecule has 126 valence electrons. The zero-order chi connectivity index (χ0) is 17.7. The minimum absolute atomic E-state index is 0.112. The zero-order valence-corrected chi connectivity index (χ0v) is 14.7. The molecule has 2 rings (SSSR count). The molecule has 2 aromatic rings. The summed E-state index contributed by atoms with van der Waals surface area (Å²) in [6.45, 7) is -0.199. The summed E-state index contributed by atoms with van der Waals surface area (Å²) in [5.41, 5.74) is 1.06. The largest absolute Gasteiger partial charge is 0.444 e. The van der Waals surface area contributed by atoms with Crippen LogP contribution in [0.1, 0.15) is 20.9 Å². The number of anilines is 1. The van der Waals surface area contributed by atoms with Crippen molar-refractivity contribution in [3.63, 3.8) is 0 Å². The van der Waals surface area contributed by atoms with Crippen molar-refractivity contribution in [3.05, 3.63) is 52.4 Å². The van der Waals surface area contributed by atoms with Crippen molar-refractivity contribution in [2.75, 3.05) is 26.0 Å². The molecule has 2 N–H and O–H groups in total. The molecule has 7 nitrogen and oxygen atoms in total. The number of furan rings is 1. The first-order valence-corrected chi connectivity index (χ1v) is 7.81. The van der Waals surface area contributed by atoms with Crippen molar-refractivity contribution in [2.24, 2.45) is 0 Å². The van der Waals surface area contributed by atoms with E-state index in [0.29, 0.717) is 15.9 Å². The average molecular weight is 394 g/mol. The zero-order valence-electron chi connectivity index (χ0n) is 13.1. The van der Waals surface area contributed by atoms with Crippen LogP contribution in [0.2, 0.25) is 0 Å². The number of rotatable bonds is 5. The first-order valence-electron chi connectivity index (χ1n) is 7.02. The highest BCUT2D eigenvalue weighted by atomic mass is 79.9. The van der Waals surface area contributed by atoms with E-state index in [0.717, 1.165) is 0 Å². The van der Waals surface area contributed by atoms with Gasteiger partial charge < -0.3 is 20.0 Å². The summed E-state index contributed by atoms with van der Waals surface area (Å²) in [5.74, 6) is -0.880. The monoisotopic (exact) mass is 393 g/mol. The fourth-order valence-corrected chi connectivity index (χ4v) is 2.15. The molecule has 1 heterocycles. The molecular weight excluding hydrogens is 378 g/mol. The first kappa shape index (κ1) is 17.7. The van der Waals surface area contributed by atoms with Gasteiger partial charge in [-0.05, 0) is 52.3 Å². The van der Waals surface area contributed by atoms with Gasteiger partial charge in [-0.2, -0.15) is 0 Å². The molecule has 3 amide bonds. The topological polar surface area (TPSA) is 91.7 Å². The van der Waals surface area contributed by atoms with Crippen LogP contribution in [-0.2, 0) is 4.79 Å². The summed E-state index contributed by atoms with van der Waals surface area (Å²) < 4.78 is 5.52. The summed E-state index contributed by atoms with van der Waals surface area (Å²) in [6.07, 6.45) is 0. The minimum Gasteiger partial charge on any atom is -0.444 e. The molecule has 1 aromatic carbocycles. The predicted molar refractivity (Wildman–Crippen MR) is 91.8 cm³/mol. The van der Waals surface area contributed by atoms with E-state index in [4.69, 9.17) is 4.42 Å². The third kappa shape index (κ3) is 4.69. The van der Waals surface area contributed by atoms with E-state index in [1.165, 1.54) is 11.0 Å². The summed E-state index contributed by atoms with van der Waals surface area (Å²) >= 11 is 3.10. The molecule has 0 unspecified atom stereocenters. The molecule has 0 radical (unpaired) electrons. The van der Waals surface area contributed by atoms with E-state index in [-0.39, 0.29) is 24.1 Å². The maximum Gasteiger partial charge on any atom is 0.287 e. The van der Waals surface area contributed by atoms with Crippen molar-refractivity contribution in [3.8, 4) is 0 Å². The van der Waals surface area contributed by atoms with E-state index in [1.54, 1.807) is 44.4 Å². The SMILES string of the molecule is CN(C)C(=O)c1ccc(NC(=O)CNC(=O)c2ccc(Br)o2)cc1. The highest BCUT2D eigenvalue weighted by molar-refractivity contribution is 9.10. The molecule has 0 saturated heterocycles. The summed E-state index contributed by atoms with van der Waals surface area (Å²) in [7, 11) is 3.33. The van der Waals surface area contributed by atoms with Gasteiger partial charge in [-0.3, -0.25) is 14.4 Å². The summed E-state index contributed by atoms with van der Waals surface area (Å²) in [5, 5.41) is 5.08. The molecule has 0 bridgehead atoms. The Morgan fingerprint density at radius 1 is 1.08 bits per heavy atom. The van der Waals surface area contributed by atoms with Crippen LogP contribution >= 0.6 is 15.9 Å². The first-order chi connectivity index (χ1) is 11.4. The number of carbonyl (C=O) groups is 3. The Morgan fingerprint density at radius 3 is 2.29 bits per heavy atom. The Balaban J connectivity index is 1.86. The molecule has 24 heavy (non-hydrogen) atoms. The Morgan fingerprint density at radius 2 is 1.75 bits per heavy atom. The van der Waals surface area contributed by atoms with Gasteiger partial charge in [-0.25, -0.2) is 0 Å². The highest BCUT2D eigenvalue weighted by Gasteiger charge is 2.12. The lowest BCUT2D eigenvalue weighted by molar-refractivity contribution is -0.115. The molecule has 0 fully saturated rings. The Bertz CT molecular complexity index is 753. The van der Waals surface area contributed by atoms with Gasteiger partial charge in [-0.15, -0.1) is 0 Å². The van der Waals surface area contributed by atoms with E-state index < -0.39 is 5.91 Å². The van der Waals surface area contributed by atoms with Gasteiger partial charge in [0.15, 0.2) is 10.4 Å². The number of nitrogens with zero attached hydrogens (tertiary/aromatic N) is 1. The average Bonchev–Trinajstić information content (AvgIpc) is 2.99. The molecule has 0 saturated carbocycles. The second kappa shape index (κ2) is 7.78. The van der Waals surface area contributed by atoms with Crippen LogP contribution in [0.3, 0.4) is 0 Å². The molecule has 0 aliphatic carbocycles. The van der Waals surface area contributed by atoms with Crippen molar-refractivity contribution in [2.45, 2.75) is 0 Å². The van der Waals surface area contributed by atoms with Gasteiger partial charge in [0, 0.05) is 25.3 Å². The smallest absolute Gasteiger partial charge is 0.287 e. The number of hydrogen-bond acceptors (Lipinski definition) is 4. The molecule has 1 aromatic heterocycles. The van der Waals surface area contributed by atoms with Crippen LogP contribution in [-0.4, -0.2) is 43.3 Å². The number of amides is 3.